The first kappa shape index (κ1) is 13.3. The second-order valence-electron chi connectivity index (χ2n) is 4.11. The summed E-state index contributed by atoms with van der Waals surface area (Å²) in [5, 5.41) is 15.0. The van der Waals surface area contributed by atoms with Crippen LogP contribution in [0.3, 0.4) is 0 Å². The first-order chi connectivity index (χ1) is 8.56. The van der Waals surface area contributed by atoms with Gasteiger partial charge in [-0.15, -0.1) is 0 Å². The molecular weight excluding hydrogens is 273 g/mol. The second kappa shape index (κ2) is 5.69. The Morgan fingerprint density at radius 3 is 2.67 bits per heavy atom. The van der Waals surface area contributed by atoms with Crippen LogP contribution in [0, 0.1) is 0 Å². The van der Waals surface area contributed by atoms with Crippen LogP contribution in [0.1, 0.15) is 11.4 Å². The van der Waals surface area contributed by atoms with Crippen molar-refractivity contribution < 1.29 is 5.11 Å². The van der Waals surface area contributed by atoms with Gasteiger partial charge in [-0.2, -0.15) is 5.10 Å². The summed E-state index contributed by atoms with van der Waals surface area (Å²) in [4.78, 5) is 4.07. The highest BCUT2D eigenvalue weighted by atomic mass is 35.5. The van der Waals surface area contributed by atoms with E-state index in [2.05, 4.69) is 10.1 Å². The molecule has 4 nitrogen and oxygen atoms in total. The molecule has 0 saturated carbocycles. The number of aliphatic hydroxyl groups is 1. The van der Waals surface area contributed by atoms with Crippen LogP contribution in [0.25, 0.3) is 0 Å². The topological polar surface area (TPSA) is 50.9 Å². The smallest absolute Gasteiger partial charge is 0.138 e. The third kappa shape index (κ3) is 3.22. The van der Waals surface area contributed by atoms with Crippen molar-refractivity contribution in [2.24, 2.45) is 7.05 Å². The van der Waals surface area contributed by atoms with E-state index in [4.69, 9.17) is 23.2 Å². The predicted molar refractivity (Wildman–Crippen MR) is 70.9 cm³/mol. The van der Waals surface area contributed by atoms with Crippen molar-refractivity contribution in [1.29, 1.82) is 0 Å². The molecule has 96 valence electrons. The molecule has 0 spiro atoms. The molecule has 0 bridgehead atoms. The maximum Gasteiger partial charge on any atom is 0.138 e. The molecule has 0 saturated heterocycles. The fraction of sp³-hybridized carbons (Fsp3) is 0.333. The molecule has 1 heterocycles. The summed E-state index contributed by atoms with van der Waals surface area (Å²) in [5.41, 5.74) is 0.944. The lowest BCUT2D eigenvalue weighted by molar-refractivity contribution is 0.171. The zero-order chi connectivity index (χ0) is 13.1. The van der Waals surface area contributed by atoms with Crippen LogP contribution in [0.15, 0.2) is 24.5 Å². The molecule has 6 heteroatoms. The summed E-state index contributed by atoms with van der Waals surface area (Å²) >= 11 is 11.8. The highest BCUT2D eigenvalue weighted by molar-refractivity contribution is 6.42. The van der Waals surface area contributed by atoms with Crippen molar-refractivity contribution in [1.82, 2.24) is 14.8 Å². The van der Waals surface area contributed by atoms with E-state index in [0.717, 1.165) is 11.4 Å². The Kier molecular flexibility index (Phi) is 4.22. The molecule has 1 N–H and O–H groups in total. The van der Waals surface area contributed by atoms with E-state index in [1.165, 1.54) is 6.33 Å². The first-order valence-electron chi connectivity index (χ1n) is 5.51. The Bertz CT molecular complexity index is 542. The van der Waals surface area contributed by atoms with Crippen LogP contribution >= 0.6 is 23.2 Å². The first-order valence-corrected chi connectivity index (χ1v) is 6.26. The summed E-state index contributed by atoms with van der Waals surface area (Å²) < 4.78 is 1.65. The van der Waals surface area contributed by atoms with Gasteiger partial charge in [-0.05, 0) is 24.1 Å². The summed E-state index contributed by atoms with van der Waals surface area (Å²) in [6.07, 6.45) is 1.91. The lowest BCUT2D eigenvalue weighted by atomic mass is 10.1. The number of aryl methyl sites for hydroxylation is 1. The van der Waals surface area contributed by atoms with Gasteiger partial charge >= 0.3 is 0 Å². The third-order valence-electron chi connectivity index (χ3n) is 2.68. The van der Waals surface area contributed by atoms with Gasteiger partial charge in [0.2, 0.25) is 0 Å². The van der Waals surface area contributed by atoms with Crippen molar-refractivity contribution in [3.05, 3.63) is 46.0 Å². The number of aromatic nitrogens is 3. The van der Waals surface area contributed by atoms with Gasteiger partial charge < -0.3 is 5.11 Å². The zero-order valence-electron chi connectivity index (χ0n) is 9.85. The Hall–Kier alpha value is -1.10. The average molecular weight is 286 g/mol. The van der Waals surface area contributed by atoms with Crippen LogP contribution in [0.2, 0.25) is 10.0 Å². The van der Waals surface area contributed by atoms with Gasteiger partial charge in [-0.25, -0.2) is 4.98 Å². The van der Waals surface area contributed by atoms with Crippen molar-refractivity contribution in [3.63, 3.8) is 0 Å². The fourth-order valence-electron chi connectivity index (χ4n) is 1.73. The van der Waals surface area contributed by atoms with E-state index < -0.39 is 6.10 Å². The predicted octanol–water partition coefficient (Wildman–Crippen LogP) is 2.27. The molecule has 0 fully saturated rings. The monoisotopic (exact) mass is 285 g/mol. The van der Waals surface area contributed by atoms with Crippen LogP contribution in [-0.2, 0) is 19.9 Å². The molecule has 1 unspecified atom stereocenters. The molecule has 1 aromatic carbocycles. The standard InChI is InChI=1S/C12H13Cl2N3O/c1-17-12(15-7-16-17)6-9(18)4-8-2-3-10(13)11(14)5-8/h2-3,5,7,9,18H,4,6H2,1H3. The number of hydrogen-bond acceptors (Lipinski definition) is 3. The quantitative estimate of drug-likeness (QED) is 0.938. The Labute approximate surface area is 115 Å². The highest BCUT2D eigenvalue weighted by Crippen LogP contribution is 2.23. The second-order valence-corrected chi connectivity index (χ2v) is 4.92. The van der Waals surface area contributed by atoms with E-state index >= 15 is 0 Å². The maximum atomic E-state index is 10.0. The average Bonchev–Trinajstić information content (AvgIpc) is 2.70. The van der Waals surface area contributed by atoms with Crippen molar-refractivity contribution in [2.45, 2.75) is 18.9 Å². The van der Waals surface area contributed by atoms with Gasteiger partial charge in [0.25, 0.3) is 0 Å². The molecule has 18 heavy (non-hydrogen) atoms. The van der Waals surface area contributed by atoms with E-state index in [-0.39, 0.29) is 0 Å². The lowest BCUT2D eigenvalue weighted by Crippen LogP contribution is -2.17. The summed E-state index contributed by atoms with van der Waals surface area (Å²) in [6, 6.07) is 5.35. The van der Waals surface area contributed by atoms with Gasteiger partial charge in [0.15, 0.2) is 0 Å². The molecular formula is C12H13Cl2N3O. The Balaban J connectivity index is 2.01. The van der Waals surface area contributed by atoms with Crippen molar-refractivity contribution in [3.8, 4) is 0 Å². The number of benzene rings is 1. The van der Waals surface area contributed by atoms with Gasteiger partial charge in [0.05, 0.1) is 16.1 Å². The summed E-state index contributed by atoms with van der Waals surface area (Å²) in [5.74, 6) is 0.752. The Morgan fingerprint density at radius 1 is 1.28 bits per heavy atom. The maximum absolute atomic E-state index is 10.0. The summed E-state index contributed by atoms with van der Waals surface area (Å²) in [6.45, 7) is 0. The van der Waals surface area contributed by atoms with Gasteiger partial charge in [-0.1, -0.05) is 29.3 Å². The van der Waals surface area contributed by atoms with E-state index in [1.54, 1.807) is 23.9 Å². The van der Waals surface area contributed by atoms with E-state index in [0.29, 0.717) is 22.9 Å². The van der Waals surface area contributed by atoms with Crippen LogP contribution in [-0.4, -0.2) is 26.0 Å². The number of nitrogens with zero attached hydrogens (tertiary/aromatic N) is 3. The third-order valence-corrected chi connectivity index (χ3v) is 3.42. The minimum absolute atomic E-state index is 0.455. The highest BCUT2D eigenvalue weighted by Gasteiger charge is 2.11. The molecule has 0 aliphatic carbocycles. The SMILES string of the molecule is Cn1ncnc1CC(O)Cc1ccc(Cl)c(Cl)c1. The summed E-state index contributed by atoms with van der Waals surface area (Å²) in [7, 11) is 1.80. The number of hydrogen-bond donors (Lipinski definition) is 1. The van der Waals surface area contributed by atoms with Gasteiger partial charge in [-0.3, -0.25) is 4.68 Å². The van der Waals surface area contributed by atoms with E-state index in [1.807, 2.05) is 6.07 Å². The molecule has 2 aromatic rings. The minimum Gasteiger partial charge on any atom is -0.392 e. The zero-order valence-corrected chi connectivity index (χ0v) is 11.4. The number of aliphatic hydroxyl groups excluding tert-OH is 1. The largest absolute Gasteiger partial charge is 0.392 e. The number of rotatable bonds is 4. The fourth-order valence-corrected chi connectivity index (χ4v) is 2.05. The molecule has 2 rings (SSSR count). The van der Waals surface area contributed by atoms with Gasteiger partial charge in [0.1, 0.15) is 12.2 Å². The minimum atomic E-state index is -0.523. The van der Waals surface area contributed by atoms with Gasteiger partial charge in [0, 0.05) is 13.5 Å². The molecule has 0 amide bonds. The molecule has 1 aromatic heterocycles. The van der Waals surface area contributed by atoms with E-state index in [9.17, 15) is 5.11 Å². The lowest BCUT2D eigenvalue weighted by Gasteiger charge is -2.10. The normalized spacial score (nSPS) is 12.7. The van der Waals surface area contributed by atoms with Crippen LogP contribution in [0.5, 0.6) is 0 Å². The van der Waals surface area contributed by atoms with Crippen molar-refractivity contribution in [2.75, 3.05) is 0 Å². The molecule has 1 atom stereocenters. The van der Waals surface area contributed by atoms with Crippen molar-refractivity contribution >= 4 is 23.2 Å². The van der Waals surface area contributed by atoms with Crippen LogP contribution < -0.4 is 0 Å². The molecule has 0 radical (unpaired) electrons. The number of halogens is 2. The molecule has 0 aliphatic rings. The Morgan fingerprint density at radius 2 is 2.06 bits per heavy atom. The van der Waals surface area contributed by atoms with Crippen LogP contribution in [0.4, 0.5) is 0 Å². The molecule has 0 aliphatic heterocycles.